The fourth-order valence-corrected chi connectivity index (χ4v) is 4.26. The summed E-state index contributed by atoms with van der Waals surface area (Å²) in [6.07, 6.45) is 19.1. The van der Waals surface area contributed by atoms with Crippen molar-refractivity contribution in [1.82, 2.24) is 9.97 Å². The van der Waals surface area contributed by atoms with E-state index in [0.29, 0.717) is 17.9 Å². The summed E-state index contributed by atoms with van der Waals surface area (Å²) in [5.74, 6) is 0.589. The molecule has 2 N–H and O–H groups in total. The second kappa shape index (κ2) is 12.9. The number of nitrogens with zero attached hydrogens (tertiary/aromatic N) is 2. The normalized spacial score (nSPS) is 14.1. The largest absolute Gasteiger partial charge is 0.490 e. The maximum atomic E-state index is 9.80. The van der Waals surface area contributed by atoms with Crippen LogP contribution in [0.2, 0.25) is 0 Å². The van der Waals surface area contributed by atoms with Gasteiger partial charge in [-0.1, -0.05) is 58.3 Å². The van der Waals surface area contributed by atoms with Crippen LogP contribution in [0, 0.1) is 18.3 Å². The fraction of sp³-hybridized carbons (Fsp3) is 0.500. The number of allylic oxidation sites excluding steroid dienone is 2. The molecule has 0 bridgehead atoms. The summed E-state index contributed by atoms with van der Waals surface area (Å²) in [4.78, 5) is 11.5. The predicted molar refractivity (Wildman–Crippen MR) is 138 cm³/mol. The molecule has 0 radical (unpaired) electrons. The molecule has 2 aromatic rings. The number of nitrogens with one attached hydrogen (secondary N) is 2. The zero-order valence-corrected chi connectivity index (χ0v) is 20.5. The molecule has 0 saturated carbocycles. The van der Waals surface area contributed by atoms with Gasteiger partial charge in [0, 0.05) is 11.4 Å². The third kappa shape index (κ3) is 6.99. The van der Waals surface area contributed by atoms with Crippen LogP contribution in [0.3, 0.4) is 0 Å². The van der Waals surface area contributed by atoms with Crippen molar-refractivity contribution in [3.05, 3.63) is 46.9 Å². The molecule has 3 rings (SSSR count). The molecule has 0 amide bonds. The van der Waals surface area contributed by atoms with Crippen molar-refractivity contribution in [3.8, 4) is 23.2 Å². The molecule has 0 fully saturated rings. The summed E-state index contributed by atoms with van der Waals surface area (Å²) in [5, 5.41) is 9.80. The number of aryl methyl sites for hydroxylation is 1. The quantitative estimate of drug-likeness (QED) is 0.290. The monoisotopic (exact) mass is 446 g/mol. The van der Waals surface area contributed by atoms with Gasteiger partial charge < -0.3 is 14.7 Å². The average Bonchev–Trinajstić information content (AvgIpc) is 3.52. The standard InChI is InChI=1S/C28H38N4O/c1-4-6-7-8-9-10-11-12-13-14-22-16-17-23(31-22)19-26-28(33-5-2)24(20-29)27(32-26)25-18-15-21(3)30-25/h15-19,30,32H,4-14H2,1-3H3/b23-19+. The highest BCUT2D eigenvalue weighted by Gasteiger charge is 2.20. The number of aromatic nitrogens is 2. The molecule has 0 saturated heterocycles. The smallest absolute Gasteiger partial charge is 0.162 e. The minimum atomic E-state index is 0.495. The lowest BCUT2D eigenvalue weighted by atomic mass is 10.1. The molecule has 176 valence electrons. The van der Waals surface area contributed by atoms with Gasteiger partial charge >= 0.3 is 0 Å². The number of unbranched alkanes of at least 4 members (excludes halogenated alkanes) is 8. The highest BCUT2D eigenvalue weighted by atomic mass is 16.5. The molecule has 0 spiro atoms. The molecular formula is C28H38N4O. The van der Waals surface area contributed by atoms with E-state index in [9.17, 15) is 5.26 Å². The van der Waals surface area contributed by atoms with Gasteiger partial charge in [0.1, 0.15) is 11.6 Å². The van der Waals surface area contributed by atoms with E-state index in [1.165, 1.54) is 57.8 Å². The number of nitriles is 1. The highest BCUT2D eigenvalue weighted by molar-refractivity contribution is 5.99. The first-order chi connectivity index (χ1) is 16.2. The number of hydrogen-bond acceptors (Lipinski definition) is 3. The van der Waals surface area contributed by atoms with E-state index < -0.39 is 0 Å². The molecule has 1 aliphatic heterocycles. The Labute approximate surface area is 198 Å². The first-order valence-electron chi connectivity index (χ1n) is 12.6. The van der Waals surface area contributed by atoms with E-state index in [1.54, 1.807) is 0 Å². The Morgan fingerprint density at radius 3 is 2.33 bits per heavy atom. The molecule has 0 aliphatic carbocycles. The van der Waals surface area contributed by atoms with Crippen molar-refractivity contribution in [2.24, 2.45) is 4.99 Å². The van der Waals surface area contributed by atoms with Gasteiger partial charge in [-0.25, -0.2) is 0 Å². The summed E-state index contributed by atoms with van der Waals surface area (Å²) in [6, 6.07) is 6.29. The Hall–Kier alpha value is -3.00. The van der Waals surface area contributed by atoms with Crippen LogP contribution in [0.5, 0.6) is 5.75 Å². The zero-order chi connectivity index (χ0) is 23.5. The van der Waals surface area contributed by atoms with Gasteiger partial charge in [-0.15, -0.1) is 0 Å². The van der Waals surface area contributed by atoms with E-state index in [-0.39, 0.29) is 0 Å². The van der Waals surface area contributed by atoms with Crippen molar-refractivity contribution in [1.29, 1.82) is 5.26 Å². The van der Waals surface area contributed by atoms with Crippen LogP contribution in [0.15, 0.2) is 35.0 Å². The number of aliphatic imine (C=N–C) groups is 1. The van der Waals surface area contributed by atoms with E-state index in [0.717, 1.165) is 40.6 Å². The maximum absolute atomic E-state index is 9.80. The minimum Gasteiger partial charge on any atom is -0.490 e. The number of rotatable bonds is 14. The predicted octanol–water partition coefficient (Wildman–Crippen LogP) is 7.86. The molecule has 5 heteroatoms. The summed E-state index contributed by atoms with van der Waals surface area (Å²) < 4.78 is 5.85. The lowest BCUT2D eigenvalue weighted by Gasteiger charge is -2.03. The summed E-state index contributed by atoms with van der Waals surface area (Å²) in [6.45, 7) is 6.69. The number of aromatic amines is 2. The van der Waals surface area contributed by atoms with Crippen LogP contribution in [-0.4, -0.2) is 22.3 Å². The number of H-pyrrole nitrogens is 2. The Bertz CT molecular complexity index is 1030. The van der Waals surface area contributed by atoms with Gasteiger partial charge in [-0.3, -0.25) is 4.99 Å². The van der Waals surface area contributed by atoms with Crippen LogP contribution in [0.4, 0.5) is 0 Å². The fourth-order valence-electron chi connectivity index (χ4n) is 4.26. The van der Waals surface area contributed by atoms with Gasteiger partial charge in [0.05, 0.1) is 29.4 Å². The van der Waals surface area contributed by atoms with Gasteiger partial charge in [0.2, 0.25) is 0 Å². The van der Waals surface area contributed by atoms with Crippen molar-refractivity contribution in [2.45, 2.75) is 85.0 Å². The Morgan fingerprint density at radius 1 is 0.970 bits per heavy atom. The van der Waals surface area contributed by atoms with E-state index in [4.69, 9.17) is 9.73 Å². The van der Waals surface area contributed by atoms with Crippen molar-refractivity contribution < 1.29 is 4.74 Å². The molecular weight excluding hydrogens is 408 g/mol. The van der Waals surface area contributed by atoms with Crippen molar-refractivity contribution in [2.75, 3.05) is 6.61 Å². The molecule has 33 heavy (non-hydrogen) atoms. The number of ether oxygens (including phenoxy) is 1. The summed E-state index contributed by atoms with van der Waals surface area (Å²) in [7, 11) is 0. The van der Waals surface area contributed by atoms with E-state index in [1.807, 2.05) is 38.1 Å². The number of hydrogen-bond donors (Lipinski definition) is 2. The average molecular weight is 447 g/mol. The first kappa shape index (κ1) is 24.6. The van der Waals surface area contributed by atoms with Crippen LogP contribution in [-0.2, 0) is 0 Å². The maximum Gasteiger partial charge on any atom is 0.162 e. The van der Waals surface area contributed by atoms with Gasteiger partial charge in [0.25, 0.3) is 0 Å². The van der Waals surface area contributed by atoms with Crippen LogP contribution < -0.4 is 4.74 Å². The molecule has 0 atom stereocenters. The minimum absolute atomic E-state index is 0.495. The first-order valence-corrected chi connectivity index (χ1v) is 12.6. The molecule has 0 unspecified atom stereocenters. The van der Waals surface area contributed by atoms with Crippen molar-refractivity contribution in [3.63, 3.8) is 0 Å². The second-order valence-electron chi connectivity index (χ2n) is 8.80. The van der Waals surface area contributed by atoms with Crippen LogP contribution in [0.25, 0.3) is 17.5 Å². The molecule has 1 aliphatic rings. The molecule has 0 aromatic carbocycles. The zero-order valence-electron chi connectivity index (χ0n) is 20.5. The van der Waals surface area contributed by atoms with Crippen molar-refractivity contribution >= 4 is 11.8 Å². The summed E-state index contributed by atoms with van der Waals surface area (Å²) in [5.41, 5.74) is 6.00. The van der Waals surface area contributed by atoms with Gasteiger partial charge in [0.15, 0.2) is 5.75 Å². The van der Waals surface area contributed by atoms with Crippen LogP contribution in [0.1, 0.15) is 95.0 Å². The van der Waals surface area contributed by atoms with Crippen LogP contribution >= 0.6 is 0 Å². The molecule has 3 heterocycles. The second-order valence-corrected chi connectivity index (χ2v) is 8.80. The Morgan fingerprint density at radius 2 is 1.70 bits per heavy atom. The topological polar surface area (TPSA) is 77.0 Å². The summed E-state index contributed by atoms with van der Waals surface area (Å²) >= 11 is 0. The SMILES string of the molecule is CCCCCCCCCCCC1=N/C(=C/c2[nH]c(-c3ccc(C)[nH]3)c(C#N)c2OCC)C=C1. The molecule has 2 aromatic heterocycles. The lowest BCUT2D eigenvalue weighted by molar-refractivity contribution is 0.339. The van der Waals surface area contributed by atoms with E-state index >= 15 is 0 Å². The lowest BCUT2D eigenvalue weighted by Crippen LogP contribution is -1.94. The Balaban J connectivity index is 1.60. The third-order valence-electron chi connectivity index (χ3n) is 6.03. The third-order valence-corrected chi connectivity index (χ3v) is 6.03. The Kier molecular flexibility index (Phi) is 9.62. The van der Waals surface area contributed by atoms with E-state index in [2.05, 4.69) is 29.0 Å². The van der Waals surface area contributed by atoms with Gasteiger partial charge in [-0.05, 0) is 57.0 Å². The molecule has 5 nitrogen and oxygen atoms in total. The van der Waals surface area contributed by atoms with Gasteiger partial charge in [-0.2, -0.15) is 5.26 Å². The highest BCUT2D eigenvalue weighted by Crippen LogP contribution is 2.35.